The molecule has 0 saturated carbocycles. The van der Waals surface area contributed by atoms with Gasteiger partial charge >= 0.3 is 6.09 Å². The zero-order valence-electron chi connectivity index (χ0n) is 19.1. The maximum absolute atomic E-state index is 12.2. The number of amides is 1. The summed E-state index contributed by atoms with van der Waals surface area (Å²) >= 11 is 0. The van der Waals surface area contributed by atoms with Crippen LogP contribution in [0, 0.1) is 0 Å². The van der Waals surface area contributed by atoms with Gasteiger partial charge in [-0.1, -0.05) is 62.1 Å². The highest BCUT2D eigenvalue weighted by atomic mass is 28.3. The molecule has 7 nitrogen and oxygen atoms in total. The number of alkyl carbamates (subject to hydrolysis) is 1. The number of carbonyl (C=O) groups excluding carboxylic acids is 1. The Bertz CT molecular complexity index is 1020. The molecule has 0 atom stereocenters. The molecule has 0 radical (unpaired) electrons. The van der Waals surface area contributed by atoms with Gasteiger partial charge in [-0.3, -0.25) is 0 Å². The summed E-state index contributed by atoms with van der Waals surface area (Å²) in [6.45, 7) is 8.47. The van der Waals surface area contributed by atoms with E-state index in [2.05, 4.69) is 25.0 Å². The highest BCUT2D eigenvalue weighted by Crippen LogP contribution is 2.22. The van der Waals surface area contributed by atoms with E-state index in [-0.39, 0.29) is 19.8 Å². The van der Waals surface area contributed by atoms with Crippen molar-refractivity contribution in [3.63, 3.8) is 0 Å². The van der Waals surface area contributed by atoms with E-state index in [1.807, 2.05) is 53.1 Å². The molecule has 3 rings (SSSR count). The minimum Gasteiger partial charge on any atom is -0.445 e. The third kappa shape index (κ3) is 6.91. The first kappa shape index (κ1) is 24.0. The third-order valence-electron chi connectivity index (χ3n) is 5.13. The molecule has 32 heavy (non-hydrogen) atoms. The Morgan fingerprint density at radius 2 is 1.91 bits per heavy atom. The number of aromatic nitrogens is 2. The first-order valence-corrected chi connectivity index (χ1v) is 14.7. The highest BCUT2D eigenvalue weighted by Gasteiger charge is 2.17. The number of nitrogens with zero attached hydrogens (tertiary/aromatic N) is 2. The number of ether oxygens (including phenoxy) is 2. The second-order valence-electron chi connectivity index (χ2n) is 8.98. The van der Waals surface area contributed by atoms with Gasteiger partial charge in [-0.2, -0.15) is 0 Å². The Morgan fingerprint density at radius 3 is 2.62 bits per heavy atom. The van der Waals surface area contributed by atoms with Gasteiger partial charge in [0, 0.05) is 21.3 Å². The lowest BCUT2D eigenvalue weighted by Gasteiger charge is -2.17. The van der Waals surface area contributed by atoms with E-state index in [0.717, 1.165) is 28.2 Å². The molecule has 0 fully saturated rings. The maximum atomic E-state index is 12.2. The minimum atomic E-state index is -1.19. The van der Waals surface area contributed by atoms with Crippen LogP contribution < -0.4 is 5.32 Å². The van der Waals surface area contributed by atoms with Crippen LogP contribution in [-0.2, 0) is 35.8 Å². The van der Waals surface area contributed by atoms with Gasteiger partial charge in [0.25, 0.3) is 0 Å². The van der Waals surface area contributed by atoms with Gasteiger partial charge in [-0.15, -0.1) is 0 Å². The number of nitrogens with one attached hydrogen (secondary N) is 1. The molecule has 0 aliphatic rings. The van der Waals surface area contributed by atoms with E-state index in [1.165, 1.54) is 0 Å². The lowest BCUT2D eigenvalue weighted by Crippen LogP contribution is -2.26. The van der Waals surface area contributed by atoms with Crippen molar-refractivity contribution in [1.82, 2.24) is 14.9 Å². The van der Waals surface area contributed by atoms with E-state index in [0.29, 0.717) is 25.6 Å². The summed E-state index contributed by atoms with van der Waals surface area (Å²) in [4.78, 5) is 16.9. The SMILES string of the molecule is C[Si](C)(C)CCOCn1c(CNC(=O)OCc2ccccc2)nc2cccc(CCO)c21. The van der Waals surface area contributed by atoms with Crippen LogP contribution in [0.5, 0.6) is 0 Å². The van der Waals surface area contributed by atoms with E-state index in [1.54, 1.807) is 0 Å². The van der Waals surface area contributed by atoms with Crippen LogP contribution in [0.4, 0.5) is 4.79 Å². The van der Waals surface area contributed by atoms with Crippen molar-refractivity contribution < 1.29 is 19.4 Å². The number of fused-ring (bicyclic) bond motifs is 1. The zero-order valence-corrected chi connectivity index (χ0v) is 20.1. The zero-order chi connectivity index (χ0) is 23.0. The molecule has 0 unspecified atom stereocenters. The molecule has 2 aromatic carbocycles. The number of hydrogen-bond acceptors (Lipinski definition) is 5. The van der Waals surface area contributed by atoms with E-state index >= 15 is 0 Å². The number of aliphatic hydroxyl groups excluding tert-OH is 1. The molecular weight excluding hydrogens is 422 g/mol. The summed E-state index contributed by atoms with van der Waals surface area (Å²) < 4.78 is 13.3. The molecule has 2 N–H and O–H groups in total. The van der Waals surface area contributed by atoms with Gasteiger partial charge in [0.05, 0.1) is 17.6 Å². The summed E-state index contributed by atoms with van der Waals surface area (Å²) in [5.41, 5.74) is 3.69. The maximum Gasteiger partial charge on any atom is 0.407 e. The van der Waals surface area contributed by atoms with E-state index in [4.69, 9.17) is 14.5 Å². The predicted octanol–water partition coefficient (Wildman–Crippen LogP) is 4.31. The Hall–Kier alpha value is -2.68. The van der Waals surface area contributed by atoms with Crippen molar-refractivity contribution in [1.29, 1.82) is 0 Å². The number of imidazole rings is 1. The fourth-order valence-electron chi connectivity index (χ4n) is 3.36. The fraction of sp³-hybridized carbons (Fsp3) is 0.417. The molecule has 0 aliphatic heterocycles. The quantitative estimate of drug-likeness (QED) is 0.332. The molecule has 1 amide bonds. The molecule has 0 spiro atoms. The molecule has 0 bridgehead atoms. The Morgan fingerprint density at radius 1 is 1.12 bits per heavy atom. The molecule has 172 valence electrons. The summed E-state index contributed by atoms with van der Waals surface area (Å²) in [6, 6.07) is 16.5. The largest absolute Gasteiger partial charge is 0.445 e. The predicted molar refractivity (Wildman–Crippen MR) is 128 cm³/mol. The molecule has 0 saturated heterocycles. The number of para-hydroxylation sites is 1. The molecule has 1 heterocycles. The Kier molecular flexibility index (Phi) is 8.44. The molecule has 0 aliphatic carbocycles. The van der Waals surface area contributed by atoms with Crippen LogP contribution in [0.15, 0.2) is 48.5 Å². The standard InChI is InChI=1S/C24H33N3O4Si/c1-32(2,3)15-14-30-18-27-22(26-21-11-7-10-20(12-13-28)23(21)27)16-25-24(29)31-17-19-8-5-4-6-9-19/h4-11,28H,12-18H2,1-3H3,(H,25,29). The monoisotopic (exact) mass is 455 g/mol. The summed E-state index contributed by atoms with van der Waals surface area (Å²) in [5, 5.41) is 12.3. The third-order valence-corrected chi connectivity index (χ3v) is 6.83. The second-order valence-corrected chi connectivity index (χ2v) is 14.6. The lowest BCUT2D eigenvalue weighted by molar-refractivity contribution is 0.0872. The lowest BCUT2D eigenvalue weighted by atomic mass is 10.1. The first-order chi connectivity index (χ1) is 15.4. The van der Waals surface area contributed by atoms with Crippen LogP contribution in [0.3, 0.4) is 0 Å². The highest BCUT2D eigenvalue weighted by molar-refractivity contribution is 6.76. The van der Waals surface area contributed by atoms with Gasteiger partial charge in [0.2, 0.25) is 0 Å². The van der Waals surface area contributed by atoms with Crippen molar-refractivity contribution in [3.8, 4) is 0 Å². The number of carbonyl (C=O) groups is 1. The number of hydrogen-bond donors (Lipinski definition) is 2. The molecule has 3 aromatic rings. The van der Waals surface area contributed by atoms with Crippen molar-refractivity contribution >= 4 is 25.2 Å². The summed E-state index contributed by atoms with van der Waals surface area (Å²) in [6.07, 6.45) is 0.0342. The van der Waals surface area contributed by atoms with Gasteiger partial charge in [0.1, 0.15) is 19.2 Å². The molecule has 8 heteroatoms. The van der Waals surface area contributed by atoms with Crippen molar-refractivity contribution in [2.45, 2.75) is 52.0 Å². The van der Waals surface area contributed by atoms with E-state index in [9.17, 15) is 9.90 Å². The van der Waals surface area contributed by atoms with Gasteiger partial charge in [0.15, 0.2) is 0 Å². The number of benzene rings is 2. The molecular formula is C24H33N3O4Si. The van der Waals surface area contributed by atoms with Gasteiger partial charge in [-0.05, 0) is 29.7 Å². The first-order valence-electron chi connectivity index (χ1n) is 11.0. The second kappa shape index (κ2) is 11.3. The van der Waals surface area contributed by atoms with Crippen molar-refractivity contribution in [3.05, 3.63) is 65.5 Å². The van der Waals surface area contributed by atoms with Crippen molar-refractivity contribution in [2.75, 3.05) is 13.2 Å². The minimum absolute atomic E-state index is 0.0557. The van der Waals surface area contributed by atoms with Crippen LogP contribution in [0.1, 0.15) is 17.0 Å². The van der Waals surface area contributed by atoms with Crippen LogP contribution in [0.2, 0.25) is 25.7 Å². The van der Waals surface area contributed by atoms with Crippen molar-refractivity contribution in [2.24, 2.45) is 0 Å². The summed E-state index contributed by atoms with van der Waals surface area (Å²) in [7, 11) is -1.19. The number of rotatable bonds is 11. The van der Waals surface area contributed by atoms with Crippen LogP contribution in [-0.4, -0.2) is 42.0 Å². The summed E-state index contributed by atoms with van der Waals surface area (Å²) in [5.74, 6) is 0.690. The normalized spacial score (nSPS) is 11.6. The molecule has 1 aromatic heterocycles. The Balaban J connectivity index is 1.71. The topological polar surface area (TPSA) is 85.6 Å². The van der Waals surface area contributed by atoms with Gasteiger partial charge in [-0.25, -0.2) is 9.78 Å². The average molecular weight is 456 g/mol. The Labute approximate surface area is 190 Å². The smallest absolute Gasteiger partial charge is 0.407 e. The average Bonchev–Trinajstić information content (AvgIpc) is 3.12. The van der Waals surface area contributed by atoms with Crippen LogP contribution >= 0.6 is 0 Å². The fourth-order valence-corrected chi connectivity index (χ4v) is 4.12. The van der Waals surface area contributed by atoms with Crippen LogP contribution in [0.25, 0.3) is 11.0 Å². The number of aliphatic hydroxyl groups is 1. The van der Waals surface area contributed by atoms with Gasteiger partial charge < -0.3 is 24.5 Å². The van der Waals surface area contributed by atoms with E-state index < -0.39 is 14.2 Å².